The maximum atomic E-state index is 13.2. The minimum Gasteiger partial charge on any atom is -0.206 e. The summed E-state index contributed by atoms with van der Waals surface area (Å²) in [4.78, 5) is 1.06. The number of hydrogen-bond donors (Lipinski definition) is 0. The van der Waals surface area contributed by atoms with Crippen LogP contribution in [0.5, 0.6) is 0 Å². The van der Waals surface area contributed by atoms with Crippen molar-refractivity contribution in [1.29, 1.82) is 0 Å². The van der Waals surface area contributed by atoms with Crippen molar-refractivity contribution < 1.29 is 4.39 Å². The van der Waals surface area contributed by atoms with Crippen LogP contribution in [0.2, 0.25) is 0 Å². The van der Waals surface area contributed by atoms with Crippen LogP contribution in [0.15, 0.2) is 59.5 Å². The van der Waals surface area contributed by atoms with E-state index < -0.39 is 0 Å². The zero-order chi connectivity index (χ0) is 11.2. The van der Waals surface area contributed by atoms with E-state index in [9.17, 15) is 4.39 Å². The molecule has 0 N–H and O–H groups in total. The highest BCUT2D eigenvalue weighted by molar-refractivity contribution is 8.03. The van der Waals surface area contributed by atoms with Crippen molar-refractivity contribution in [3.63, 3.8) is 0 Å². The summed E-state index contributed by atoms with van der Waals surface area (Å²) in [6.45, 7) is 0. The predicted molar refractivity (Wildman–Crippen MR) is 65.6 cm³/mol. The van der Waals surface area contributed by atoms with Gasteiger partial charge in [0.1, 0.15) is 5.82 Å². The molecule has 0 aromatic heterocycles. The van der Waals surface area contributed by atoms with Crippen molar-refractivity contribution in [2.45, 2.75) is 4.90 Å². The summed E-state index contributed by atoms with van der Waals surface area (Å²) in [6, 6.07) is 16.3. The Morgan fingerprint density at radius 3 is 2.31 bits per heavy atom. The van der Waals surface area contributed by atoms with Crippen molar-refractivity contribution in [1.82, 2.24) is 0 Å². The van der Waals surface area contributed by atoms with Gasteiger partial charge in [-0.15, -0.1) is 0 Å². The molecule has 2 heteroatoms. The summed E-state index contributed by atoms with van der Waals surface area (Å²) in [5.74, 6) is 2.52. The van der Waals surface area contributed by atoms with E-state index in [1.807, 2.05) is 30.3 Å². The maximum Gasteiger partial charge on any atom is 0.138 e. The van der Waals surface area contributed by atoms with Gasteiger partial charge in [0.2, 0.25) is 0 Å². The molecular weight excluding hydrogens is 219 g/mol. The summed E-state index contributed by atoms with van der Waals surface area (Å²) in [7, 11) is 0. The maximum absolute atomic E-state index is 13.2. The lowest BCUT2D eigenvalue weighted by Crippen LogP contribution is -1.79. The molecule has 78 valence electrons. The van der Waals surface area contributed by atoms with Gasteiger partial charge in [0.05, 0.1) is 5.56 Å². The van der Waals surface area contributed by atoms with Gasteiger partial charge in [-0.2, -0.15) is 0 Å². The van der Waals surface area contributed by atoms with Crippen LogP contribution in [0, 0.1) is 17.0 Å². The monoisotopic (exact) mass is 228 g/mol. The molecule has 16 heavy (non-hydrogen) atoms. The predicted octanol–water partition coefficient (Wildman–Crippen LogP) is 3.93. The highest BCUT2D eigenvalue weighted by Crippen LogP contribution is 2.15. The van der Waals surface area contributed by atoms with Gasteiger partial charge in [0.25, 0.3) is 0 Å². The van der Waals surface area contributed by atoms with Crippen LogP contribution < -0.4 is 0 Å². The molecule has 0 aliphatic heterocycles. The van der Waals surface area contributed by atoms with Crippen LogP contribution >= 0.6 is 11.8 Å². The highest BCUT2D eigenvalue weighted by Gasteiger charge is 1.94. The molecule has 2 aromatic carbocycles. The number of halogens is 1. The summed E-state index contributed by atoms with van der Waals surface area (Å²) < 4.78 is 13.2. The van der Waals surface area contributed by atoms with Crippen LogP contribution in [0.25, 0.3) is 0 Å². The van der Waals surface area contributed by atoms with Gasteiger partial charge in [-0.05, 0) is 41.3 Å². The first-order valence-corrected chi connectivity index (χ1v) is 5.65. The first kappa shape index (κ1) is 10.8. The summed E-state index contributed by atoms with van der Waals surface area (Å²) in [5.41, 5.74) is 0.436. The molecule has 0 saturated carbocycles. The molecule has 0 atom stereocenters. The van der Waals surface area contributed by atoms with Gasteiger partial charge in [0, 0.05) is 4.90 Å². The van der Waals surface area contributed by atoms with Crippen molar-refractivity contribution >= 4 is 11.8 Å². The summed E-state index contributed by atoms with van der Waals surface area (Å²) in [6.07, 6.45) is 0. The molecule has 0 aliphatic carbocycles. The van der Waals surface area contributed by atoms with E-state index in [4.69, 9.17) is 0 Å². The third-order valence-electron chi connectivity index (χ3n) is 1.97. The average molecular weight is 228 g/mol. The molecule has 0 nitrogen and oxygen atoms in total. The Labute approximate surface area is 98.5 Å². The second-order valence-electron chi connectivity index (χ2n) is 3.12. The Kier molecular flexibility index (Phi) is 3.63. The first-order valence-electron chi connectivity index (χ1n) is 4.84. The van der Waals surface area contributed by atoms with Gasteiger partial charge in [-0.25, -0.2) is 4.39 Å². The molecule has 0 saturated heterocycles. The van der Waals surface area contributed by atoms with Crippen molar-refractivity contribution in [3.05, 3.63) is 66.0 Å². The molecule has 0 fully saturated rings. The van der Waals surface area contributed by atoms with E-state index in [0.29, 0.717) is 5.56 Å². The SMILES string of the molecule is Fc1ccccc1C#CSc1ccccc1. The molecule has 2 rings (SSSR count). The van der Waals surface area contributed by atoms with E-state index in [-0.39, 0.29) is 5.82 Å². The molecule has 2 aromatic rings. The normalized spacial score (nSPS) is 9.31. The third kappa shape index (κ3) is 2.88. The lowest BCUT2D eigenvalue weighted by Gasteiger charge is -1.92. The van der Waals surface area contributed by atoms with Gasteiger partial charge in [0.15, 0.2) is 0 Å². The van der Waals surface area contributed by atoms with E-state index in [1.165, 1.54) is 17.8 Å². The Morgan fingerprint density at radius 1 is 0.875 bits per heavy atom. The topological polar surface area (TPSA) is 0 Å². The number of thioether (sulfide) groups is 1. The summed E-state index contributed by atoms with van der Waals surface area (Å²) >= 11 is 1.40. The van der Waals surface area contributed by atoms with Gasteiger partial charge < -0.3 is 0 Å². The molecule has 0 spiro atoms. The van der Waals surface area contributed by atoms with Gasteiger partial charge in [-0.3, -0.25) is 0 Å². The van der Waals surface area contributed by atoms with Crippen LogP contribution in [0.4, 0.5) is 4.39 Å². The van der Waals surface area contributed by atoms with E-state index >= 15 is 0 Å². The fraction of sp³-hybridized carbons (Fsp3) is 0. The van der Waals surface area contributed by atoms with E-state index in [1.54, 1.807) is 18.2 Å². The smallest absolute Gasteiger partial charge is 0.138 e. The van der Waals surface area contributed by atoms with E-state index in [0.717, 1.165) is 4.90 Å². The average Bonchev–Trinajstić information content (AvgIpc) is 2.33. The van der Waals surface area contributed by atoms with Crippen LogP contribution in [0.1, 0.15) is 5.56 Å². The van der Waals surface area contributed by atoms with Crippen LogP contribution in [0.3, 0.4) is 0 Å². The lowest BCUT2D eigenvalue weighted by atomic mass is 10.2. The van der Waals surface area contributed by atoms with Gasteiger partial charge in [-0.1, -0.05) is 36.3 Å². The van der Waals surface area contributed by atoms with Crippen LogP contribution in [-0.2, 0) is 0 Å². The zero-order valence-corrected chi connectivity index (χ0v) is 9.30. The fourth-order valence-corrected chi connectivity index (χ4v) is 1.76. The van der Waals surface area contributed by atoms with Gasteiger partial charge >= 0.3 is 0 Å². The number of hydrogen-bond acceptors (Lipinski definition) is 1. The molecule has 0 unspecified atom stereocenters. The molecule has 0 amide bonds. The van der Waals surface area contributed by atoms with Crippen LogP contribution in [-0.4, -0.2) is 0 Å². The number of rotatable bonds is 1. The Morgan fingerprint density at radius 2 is 1.56 bits per heavy atom. The van der Waals surface area contributed by atoms with Crippen molar-refractivity contribution in [2.75, 3.05) is 0 Å². The minimum atomic E-state index is -0.274. The Bertz CT molecular complexity index is 523. The molecular formula is C14H9FS. The molecule has 0 radical (unpaired) electrons. The van der Waals surface area contributed by atoms with Crippen molar-refractivity contribution in [2.24, 2.45) is 0 Å². The Hall–Kier alpha value is -1.72. The quantitative estimate of drug-likeness (QED) is 0.526. The molecule has 0 aliphatic rings. The third-order valence-corrected chi connectivity index (χ3v) is 2.68. The lowest BCUT2D eigenvalue weighted by molar-refractivity contribution is 0.624. The standard InChI is InChI=1S/C14H9FS/c15-14-9-5-4-6-12(14)10-11-16-13-7-2-1-3-8-13/h1-9H. The number of benzene rings is 2. The second-order valence-corrected chi connectivity index (χ2v) is 4.00. The fourth-order valence-electron chi connectivity index (χ4n) is 1.19. The Balaban J connectivity index is 2.10. The minimum absolute atomic E-state index is 0.274. The van der Waals surface area contributed by atoms with E-state index in [2.05, 4.69) is 11.2 Å². The second kappa shape index (κ2) is 5.39. The molecule has 0 bridgehead atoms. The summed E-state index contributed by atoms with van der Waals surface area (Å²) in [5, 5.41) is 2.89. The van der Waals surface area contributed by atoms with Crippen molar-refractivity contribution in [3.8, 4) is 11.2 Å². The first-order chi connectivity index (χ1) is 7.86. The highest BCUT2D eigenvalue weighted by atomic mass is 32.2. The largest absolute Gasteiger partial charge is 0.206 e. The molecule has 0 heterocycles. The zero-order valence-electron chi connectivity index (χ0n) is 8.48.